The van der Waals surface area contributed by atoms with E-state index in [1.54, 1.807) is 39.3 Å². The van der Waals surface area contributed by atoms with Gasteiger partial charge in [-0.25, -0.2) is 14.3 Å². The summed E-state index contributed by atoms with van der Waals surface area (Å²) in [6, 6.07) is 18.0. The van der Waals surface area contributed by atoms with Crippen molar-refractivity contribution >= 4 is 41.5 Å². The Labute approximate surface area is 251 Å². The molecular formula is C29H30N6O5S2. The van der Waals surface area contributed by atoms with Gasteiger partial charge in [-0.3, -0.25) is 9.69 Å². The number of benzene rings is 2. The zero-order valence-electron chi connectivity index (χ0n) is 23.5. The van der Waals surface area contributed by atoms with Crippen LogP contribution in [0.15, 0.2) is 88.6 Å². The predicted octanol–water partition coefficient (Wildman–Crippen LogP) is 4.21. The van der Waals surface area contributed by atoms with Crippen molar-refractivity contribution in [1.82, 2.24) is 30.4 Å². The number of nitrogens with zero attached hydrogens (tertiary/aromatic N) is 5. The Balaban J connectivity index is 1.45. The third kappa shape index (κ3) is 6.52. The van der Waals surface area contributed by atoms with Gasteiger partial charge in [0.15, 0.2) is 6.10 Å². The van der Waals surface area contributed by atoms with Crippen LogP contribution in [-0.4, -0.2) is 65.8 Å². The van der Waals surface area contributed by atoms with E-state index >= 15 is 0 Å². The fourth-order valence-electron chi connectivity index (χ4n) is 4.44. The van der Waals surface area contributed by atoms with Crippen LogP contribution in [0.25, 0.3) is 0 Å². The van der Waals surface area contributed by atoms with Crippen LogP contribution < -0.4 is 5.32 Å². The number of amides is 2. The first-order valence-electron chi connectivity index (χ1n) is 13.2. The molecule has 0 radical (unpaired) electrons. The molecule has 0 spiro atoms. The van der Waals surface area contributed by atoms with E-state index < -0.39 is 41.1 Å². The molecule has 0 saturated carbocycles. The van der Waals surface area contributed by atoms with Crippen molar-refractivity contribution in [1.29, 1.82) is 0 Å². The van der Waals surface area contributed by atoms with E-state index in [0.717, 1.165) is 11.1 Å². The molecular weight excluding hydrogens is 576 g/mol. The average molecular weight is 607 g/mol. The molecule has 2 aliphatic rings. The molecule has 42 heavy (non-hydrogen) atoms. The van der Waals surface area contributed by atoms with Crippen LogP contribution >= 0.6 is 23.5 Å². The molecule has 218 valence electrons. The lowest BCUT2D eigenvalue weighted by atomic mass is 10.0. The standard InChI is InChI=1S/C29H30N6O5S2/c1-29(2,3)40-28(38)30-21-24(36)35-22(20(17-42-25(21)35)15-16-41-27-31-32-33-34(27)4)26(37)39-23(18-11-7-5-8-12-18)19-13-9-6-10-14-19/h5-16,21,23,25H,17H2,1-4H3,(H,30,38)/b16-15+. The van der Waals surface area contributed by atoms with Gasteiger partial charge < -0.3 is 14.8 Å². The normalized spacial score (nSPS) is 18.6. The second kappa shape index (κ2) is 12.4. The Morgan fingerprint density at radius 1 is 1.10 bits per heavy atom. The Hall–Kier alpha value is -4.10. The summed E-state index contributed by atoms with van der Waals surface area (Å²) in [4.78, 5) is 41.3. The lowest BCUT2D eigenvalue weighted by Crippen LogP contribution is -2.70. The van der Waals surface area contributed by atoms with Crippen molar-refractivity contribution in [2.75, 3.05) is 5.75 Å². The molecule has 2 aliphatic heterocycles. The third-order valence-corrected chi connectivity index (χ3v) is 8.45. The molecule has 0 aliphatic carbocycles. The molecule has 3 aromatic rings. The van der Waals surface area contributed by atoms with E-state index in [9.17, 15) is 14.4 Å². The summed E-state index contributed by atoms with van der Waals surface area (Å²) in [5, 5.41) is 15.9. The highest BCUT2D eigenvalue weighted by Crippen LogP contribution is 2.42. The minimum atomic E-state index is -0.837. The number of fused-ring (bicyclic) bond motifs is 1. The molecule has 2 amide bonds. The quantitative estimate of drug-likeness (QED) is 0.226. The van der Waals surface area contributed by atoms with Gasteiger partial charge in [0, 0.05) is 12.8 Å². The highest BCUT2D eigenvalue weighted by molar-refractivity contribution is 8.02. The van der Waals surface area contributed by atoms with Gasteiger partial charge in [0.05, 0.1) is 0 Å². The Bertz CT molecular complexity index is 1480. The molecule has 5 rings (SSSR count). The van der Waals surface area contributed by atoms with Gasteiger partial charge in [0.25, 0.3) is 5.91 Å². The Kier molecular flexibility index (Phi) is 8.69. The fourth-order valence-corrected chi connectivity index (χ4v) is 6.39. The number of hydrogen-bond acceptors (Lipinski definition) is 10. The maximum atomic E-state index is 14.0. The van der Waals surface area contributed by atoms with Crippen LogP contribution in [0.1, 0.15) is 38.0 Å². The highest BCUT2D eigenvalue weighted by atomic mass is 32.2. The average Bonchev–Trinajstić information content (AvgIpc) is 3.38. The van der Waals surface area contributed by atoms with Crippen LogP contribution in [-0.2, 0) is 26.1 Å². The number of nitrogens with one attached hydrogen (secondary N) is 1. The zero-order chi connectivity index (χ0) is 29.9. The van der Waals surface area contributed by atoms with Gasteiger partial charge in [-0.05, 0) is 59.4 Å². The van der Waals surface area contributed by atoms with Crippen molar-refractivity contribution in [2.24, 2.45) is 7.05 Å². The zero-order valence-corrected chi connectivity index (χ0v) is 25.1. The lowest BCUT2D eigenvalue weighted by Gasteiger charge is -2.49. The van der Waals surface area contributed by atoms with Gasteiger partial charge in [0.1, 0.15) is 22.7 Å². The minimum absolute atomic E-state index is 0.135. The number of hydrogen-bond donors (Lipinski definition) is 1. The van der Waals surface area contributed by atoms with Crippen molar-refractivity contribution in [2.45, 2.75) is 49.0 Å². The maximum Gasteiger partial charge on any atom is 0.408 e. The second-order valence-corrected chi connectivity index (χ2v) is 12.5. The first-order valence-corrected chi connectivity index (χ1v) is 15.1. The Morgan fingerprint density at radius 2 is 1.74 bits per heavy atom. The van der Waals surface area contributed by atoms with Crippen molar-refractivity contribution in [3.63, 3.8) is 0 Å². The highest BCUT2D eigenvalue weighted by Gasteiger charge is 2.54. The number of carbonyl (C=O) groups is 3. The minimum Gasteiger partial charge on any atom is -0.448 e. The number of rotatable bonds is 8. The van der Waals surface area contributed by atoms with E-state index in [2.05, 4.69) is 20.8 Å². The van der Waals surface area contributed by atoms with E-state index in [4.69, 9.17) is 9.47 Å². The summed E-state index contributed by atoms with van der Waals surface area (Å²) in [6.07, 6.45) is 0.375. The van der Waals surface area contributed by atoms with Crippen LogP contribution in [0.3, 0.4) is 0 Å². The molecule has 3 heterocycles. The number of carbonyl (C=O) groups excluding carboxylic acids is 3. The predicted molar refractivity (Wildman–Crippen MR) is 158 cm³/mol. The molecule has 2 atom stereocenters. The van der Waals surface area contributed by atoms with Crippen LogP contribution in [0.2, 0.25) is 0 Å². The van der Waals surface area contributed by atoms with Gasteiger partial charge in [-0.2, -0.15) is 0 Å². The molecule has 1 aromatic heterocycles. The third-order valence-electron chi connectivity index (χ3n) is 6.32. The van der Waals surface area contributed by atoms with Gasteiger partial charge >= 0.3 is 12.1 Å². The van der Waals surface area contributed by atoms with Crippen molar-refractivity contribution in [3.05, 3.63) is 94.5 Å². The molecule has 0 bridgehead atoms. The summed E-state index contributed by atoms with van der Waals surface area (Å²) in [5.41, 5.74) is 1.61. The Morgan fingerprint density at radius 3 is 2.31 bits per heavy atom. The van der Waals surface area contributed by atoms with Gasteiger partial charge in [-0.15, -0.1) is 16.9 Å². The number of β-lactam (4-membered cyclic amide) rings is 1. The van der Waals surface area contributed by atoms with E-state index in [0.29, 0.717) is 16.5 Å². The maximum absolute atomic E-state index is 14.0. The number of thioether (sulfide) groups is 2. The van der Waals surface area contributed by atoms with Crippen molar-refractivity contribution < 1.29 is 23.9 Å². The molecule has 1 fully saturated rings. The summed E-state index contributed by atoms with van der Waals surface area (Å²) in [6.45, 7) is 5.24. The molecule has 1 N–H and O–H groups in total. The molecule has 11 nitrogen and oxygen atoms in total. The van der Waals surface area contributed by atoms with Crippen LogP contribution in [0.4, 0.5) is 4.79 Å². The number of aromatic nitrogens is 4. The number of allylic oxidation sites excluding steroid dienone is 1. The molecule has 2 unspecified atom stereocenters. The molecule has 2 aromatic carbocycles. The van der Waals surface area contributed by atoms with E-state index in [1.807, 2.05) is 60.7 Å². The number of aryl methyl sites for hydroxylation is 1. The summed E-state index contributed by atoms with van der Waals surface area (Å²) in [7, 11) is 1.73. The van der Waals surface area contributed by atoms with E-state index in [-0.39, 0.29) is 5.70 Å². The largest absolute Gasteiger partial charge is 0.448 e. The van der Waals surface area contributed by atoms with Gasteiger partial charge in [0.2, 0.25) is 5.16 Å². The van der Waals surface area contributed by atoms with Crippen LogP contribution in [0.5, 0.6) is 0 Å². The molecule has 1 saturated heterocycles. The SMILES string of the molecule is Cn1nnnc1S/C=C/C1=C(C(=O)OC(c2ccccc2)c2ccccc2)N2C(=O)C(NC(=O)OC(C)(C)C)C2SC1. The topological polar surface area (TPSA) is 129 Å². The van der Waals surface area contributed by atoms with E-state index in [1.165, 1.54) is 33.1 Å². The number of alkyl carbamates (subject to hydrolysis) is 1. The van der Waals surface area contributed by atoms with Crippen molar-refractivity contribution in [3.8, 4) is 0 Å². The summed E-state index contributed by atoms with van der Waals surface area (Å²) >= 11 is 2.72. The summed E-state index contributed by atoms with van der Waals surface area (Å²) in [5.74, 6) is -0.662. The summed E-state index contributed by atoms with van der Waals surface area (Å²) < 4.78 is 13.0. The number of esters is 1. The smallest absolute Gasteiger partial charge is 0.408 e. The lowest BCUT2D eigenvalue weighted by molar-refractivity contribution is -0.153. The first-order chi connectivity index (χ1) is 20.1. The van der Waals surface area contributed by atoms with Crippen LogP contribution in [0, 0.1) is 0 Å². The fraction of sp³-hybridized carbons (Fsp3) is 0.310. The monoisotopic (exact) mass is 606 g/mol. The molecule has 13 heteroatoms. The first kappa shape index (κ1) is 29.4. The second-order valence-electron chi connectivity index (χ2n) is 10.5. The van der Waals surface area contributed by atoms with Gasteiger partial charge in [-0.1, -0.05) is 72.4 Å². The number of tetrazole rings is 1. The number of ether oxygens (including phenoxy) is 2.